The summed E-state index contributed by atoms with van der Waals surface area (Å²) in [7, 11) is 0. The lowest BCUT2D eigenvalue weighted by atomic mass is 10.1. The van der Waals surface area contributed by atoms with Crippen LogP contribution >= 0.6 is 0 Å². The molecule has 1 amide bonds. The maximum atomic E-state index is 13.9. The predicted molar refractivity (Wildman–Crippen MR) is 86.6 cm³/mol. The van der Waals surface area contributed by atoms with Crippen molar-refractivity contribution in [3.05, 3.63) is 52.9 Å². The van der Waals surface area contributed by atoms with Gasteiger partial charge >= 0.3 is 0 Å². The Morgan fingerprint density at radius 1 is 1.40 bits per heavy atom. The third kappa shape index (κ3) is 3.38. The van der Waals surface area contributed by atoms with Crippen LogP contribution < -0.4 is 5.32 Å². The first-order chi connectivity index (χ1) is 12.0. The minimum absolute atomic E-state index is 0.0712. The number of amides is 1. The van der Waals surface area contributed by atoms with E-state index in [1.807, 2.05) is 10.8 Å². The zero-order chi connectivity index (χ0) is 18.0. The van der Waals surface area contributed by atoms with Crippen LogP contribution in [0.4, 0.5) is 8.78 Å². The van der Waals surface area contributed by atoms with Gasteiger partial charge in [0.1, 0.15) is 17.7 Å². The van der Waals surface area contributed by atoms with E-state index in [4.69, 9.17) is 0 Å². The lowest BCUT2D eigenvalue weighted by Gasteiger charge is -2.14. The zero-order valence-electron chi connectivity index (χ0n) is 13.8. The van der Waals surface area contributed by atoms with Gasteiger partial charge in [-0.15, -0.1) is 0 Å². The maximum Gasteiger partial charge on any atom is 0.256 e. The molecule has 0 aliphatic heterocycles. The van der Waals surface area contributed by atoms with Gasteiger partial charge in [-0.3, -0.25) is 9.48 Å². The third-order valence-corrected chi connectivity index (χ3v) is 4.64. The molecular weight excluding hydrogens is 326 g/mol. The smallest absolute Gasteiger partial charge is 0.256 e. The lowest BCUT2D eigenvalue weighted by molar-refractivity contribution is 0.0944. The van der Waals surface area contributed by atoms with E-state index in [1.165, 1.54) is 6.20 Å². The Balaban J connectivity index is 1.80. The van der Waals surface area contributed by atoms with E-state index in [-0.39, 0.29) is 5.56 Å². The fourth-order valence-corrected chi connectivity index (χ4v) is 3.29. The van der Waals surface area contributed by atoms with Gasteiger partial charge < -0.3 is 5.32 Å². The Morgan fingerprint density at radius 2 is 2.12 bits per heavy atom. The minimum atomic E-state index is -1.21. The topological polar surface area (TPSA) is 70.7 Å². The number of halogens is 2. The van der Waals surface area contributed by atoms with Gasteiger partial charge in [0, 0.05) is 17.3 Å². The molecule has 1 atom stereocenters. The fraction of sp³-hybridized carbons (Fsp3) is 0.389. The lowest BCUT2D eigenvalue weighted by Crippen LogP contribution is -2.28. The van der Waals surface area contributed by atoms with Crippen LogP contribution in [0.15, 0.2) is 24.4 Å². The van der Waals surface area contributed by atoms with Crippen molar-refractivity contribution >= 4 is 5.91 Å². The fourth-order valence-electron chi connectivity index (χ4n) is 3.29. The molecular formula is C18H18F2N4O. The molecule has 1 aromatic heterocycles. The molecule has 25 heavy (non-hydrogen) atoms. The van der Waals surface area contributed by atoms with Crippen LogP contribution in [0.5, 0.6) is 0 Å². The van der Waals surface area contributed by atoms with E-state index in [1.54, 1.807) is 6.92 Å². The van der Waals surface area contributed by atoms with Crippen molar-refractivity contribution < 1.29 is 13.6 Å². The van der Waals surface area contributed by atoms with Crippen molar-refractivity contribution in [2.45, 2.75) is 44.7 Å². The number of hydrogen-bond donors (Lipinski definition) is 1. The molecule has 2 aromatic rings. The highest BCUT2D eigenvalue weighted by molar-refractivity contribution is 5.95. The molecule has 1 unspecified atom stereocenters. The monoisotopic (exact) mass is 344 g/mol. The second kappa shape index (κ2) is 7.01. The summed E-state index contributed by atoms with van der Waals surface area (Å²) in [5.74, 6) is -2.11. The molecule has 1 heterocycles. The van der Waals surface area contributed by atoms with Crippen LogP contribution in [0.2, 0.25) is 0 Å². The van der Waals surface area contributed by atoms with Crippen molar-refractivity contribution in [1.29, 1.82) is 5.26 Å². The summed E-state index contributed by atoms with van der Waals surface area (Å²) < 4.78 is 28.7. The molecule has 3 rings (SSSR count). The van der Waals surface area contributed by atoms with Gasteiger partial charge in [0.25, 0.3) is 5.91 Å². The van der Waals surface area contributed by atoms with E-state index in [0.29, 0.717) is 17.7 Å². The molecule has 1 aliphatic rings. The Kier molecular flexibility index (Phi) is 4.79. The molecule has 5 nitrogen and oxygen atoms in total. The summed E-state index contributed by atoms with van der Waals surface area (Å²) in [5.41, 5.74) is 1.01. The van der Waals surface area contributed by atoms with E-state index in [0.717, 1.165) is 43.5 Å². The molecule has 1 fully saturated rings. The highest BCUT2D eigenvalue weighted by atomic mass is 19.1. The number of aromatic nitrogens is 2. The second-order valence-electron chi connectivity index (χ2n) is 6.23. The van der Waals surface area contributed by atoms with Gasteiger partial charge in [0.2, 0.25) is 0 Å². The summed E-state index contributed by atoms with van der Waals surface area (Å²) in [6, 6.07) is 3.83. The number of hydrogen-bond acceptors (Lipinski definition) is 3. The van der Waals surface area contributed by atoms with Crippen molar-refractivity contribution in [2.24, 2.45) is 0 Å². The van der Waals surface area contributed by atoms with Crippen molar-refractivity contribution in [3.63, 3.8) is 0 Å². The highest BCUT2D eigenvalue weighted by Gasteiger charge is 2.25. The van der Waals surface area contributed by atoms with Gasteiger partial charge in [-0.05, 0) is 25.8 Å². The summed E-state index contributed by atoms with van der Waals surface area (Å²) in [4.78, 5) is 12.5. The van der Waals surface area contributed by atoms with Crippen molar-refractivity contribution in [1.82, 2.24) is 15.1 Å². The third-order valence-electron chi connectivity index (χ3n) is 4.64. The van der Waals surface area contributed by atoms with Gasteiger partial charge in [-0.1, -0.05) is 18.9 Å². The Bertz CT molecular complexity index is 834. The molecule has 1 aromatic carbocycles. The van der Waals surface area contributed by atoms with Crippen molar-refractivity contribution in [2.75, 3.05) is 0 Å². The zero-order valence-corrected chi connectivity index (χ0v) is 13.8. The largest absolute Gasteiger partial charge is 0.332 e. The highest BCUT2D eigenvalue weighted by Crippen LogP contribution is 2.30. The number of nitriles is 1. The molecule has 0 bridgehead atoms. The molecule has 1 aliphatic carbocycles. The molecule has 1 saturated carbocycles. The van der Waals surface area contributed by atoms with Crippen LogP contribution in [0, 0.1) is 29.9 Å². The van der Waals surface area contributed by atoms with E-state index >= 15 is 0 Å². The minimum Gasteiger partial charge on any atom is -0.332 e. The number of nitrogens with zero attached hydrogens (tertiary/aromatic N) is 3. The standard InChI is InChI=1S/C18H18F2N4O/c1-11-15(10-22-24(11)13-4-2-3-5-13)18(25)23-17(9-21)14-7-6-12(19)8-16(14)20/h6-8,10,13,17H,2-5H2,1H3,(H,23,25). The number of carbonyl (C=O) groups is 1. The Labute approximate surface area is 144 Å². The molecule has 0 radical (unpaired) electrons. The van der Waals surface area contributed by atoms with Gasteiger partial charge in [0.05, 0.1) is 23.9 Å². The van der Waals surface area contributed by atoms with E-state index in [2.05, 4.69) is 10.4 Å². The maximum absolute atomic E-state index is 13.9. The number of nitrogens with one attached hydrogen (secondary N) is 1. The van der Waals surface area contributed by atoms with Gasteiger partial charge in [0.15, 0.2) is 0 Å². The van der Waals surface area contributed by atoms with E-state index < -0.39 is 23.6 Å². The Morgan fingerprint density at radius 3 is 2.76 bits per heavy atom. The first kappa shape index (κ1) is 17.1. The predicted octanol–water partition coefficient (Wildman–Crippen LogP) is 3.58. The molecule has 130 valence electrons. The number of rotatable bonds is 4. The normalized spacial score (nSPS) is 15.8. The van der Waals surface area contributed by atoms with Crippen LogP contribution in [0.1, 0.15) is 59.4 Å². The average Bonchev–Trinajstić information content (AvgIpc) is 3.22. The van der Waals surface area contributed by atoms with Crippen LogP contribution in [-0.2, 0) is 0 Å². The quantitative estimate of drug-likeness (QED) is 0.921. The van der Waals surface area contributed by atoms with Gasteiger partial charge in [-0.25, -0.2) is 8.78 Å². The molecule has 0 spiro atoms. The summed E-state index contributed by atoms with van der Waals surface area (Å²) >= 11 is 0. The van der Waals surface area contributed by atoms with Crippen LogP contribution in [0.25, 0.3) is 0 Å². The molecule has 0 saturated heterocycles. The molecule has 7 heteroatoms. The van der Waals surface area contributed by atoms with E-state index in [9.17, 15) is 18.8 Å². The Hall–Kier alpha value is -2.75. The summed E-state index contributed by atoms with van der Waals surface area (Å²) in [6.45, 7) is 1.81. The van der Waals surface area contributed by atoms with Crippen molar-refractivity contribution in [3.8, 4) is 6.07 Å². The first-order valence-corrected chi connectivity index (χ1v) is 8.20. The summed E-state index contributed by atoms with van der Waals surface area (Å²) in [5, 5.41) is 16.1. The van der Waals surface area contributed by atoms with Crippen LogP contribution in [-0.4, -0.2) is 15.7 Å². The molecule has 1 N–H and O–H groups in total. The SMILES string of the molecule is Cc1c(C(=O)NC(C#N)c2ccc(F)cc2F)cnn1C1CCCC1. The van der Waals surface area contributed by atoms with Gasteiger partial charge in [-0.2, -0.15) is 10.4 Å². The summed E-state index contributed by atoms with van der Waals surface area (Å²) in [6.07, 6.45) is 5.83. The van der Waals surface area contributed by atoms with Crippen LogP contribution in [0.3, 0.4) is 0 Å². The number of carbonyl (C=O) groups excluding carboxylic acids is 1. The number of benzene rings is 1. The second-order valence-corrected chi connectivity index (χ2v) is 6.23. The average molecular weight is 344 g/mol. The first-order valence-electron chi connectivity index (χ1n) is 8.20.